The third-order valence-corrected chi connectivity index (χ3v) is 4.53. The fourth-order valence-electron chi connectivity index (χ4n) is 3.28. The van der Waals surface area contributed by atoms with Crippen LogP contribution >= 0.6 is 0 Å². The van der Waals surface area contributed by atoms with Crippen LogP contribution in [0, 0.1) is 11.3 Å². The Morgan fingerprint density at radius 3 is 2.81 bits per heavy atom. The average molecular weight is 356 g/mol. The number of fused-ring (bicyclic) bond motifs is 1. The van der Waals surface area contributed by atoms with Gasteiger partial charge < -0.3 is 10.1 Å². The molecule has 1 N–H and O–H groups in total. The smallest absolute Gasteiger partial charge is 0.387 e. The standard InChI is InChI=1S/C20H18F2N2O2/c1-12(25)13-5-6-15(11-23)19(10-13)24-18-4-2-3-14-9-16(26-20(21)22)7-8-17(14)18/h5-10,18,20,24H,2-4H2,1H3. The number of hydrogen-bond acceptors (Lipinski definition) is 4. The second-order valence-corrected chi connectivity index (χ2v) is 6.26. The van der Waals surface area contributed by atoms with E-state index in [0.29, 0.717) is 16.8 Å². The summed E-state index contributed by atoms with van der Waals surface area (Å²) in [5.41, 5.74) is 3.54. The van der Waals surface area contributed by atoms with Gasteiger partial charge in [-0.05, 0) is 67.6 Å². The molecule has 0 saturated heterocycles. The number of carbonyl (C=O) groups is 1. The Hall–Kier alpha value is -2.94. The van der Waals surface area contributed by atoms with E-state index in [-0.39, 0.29) is 17.6 Å². The quantitative estimate of drug-likeness (QED) is 0.778. The van der Waals surface area contributed by atoms with Crippen LogP contribution in [0.3, 0.4) is 0 Å². The number of ether oxygens (including phenoxy) is 1. The van der Waals surface area contributed by atoms with Crippen LogP contribution in [0.25, 0.3) is 0 Å². The number of rotatable bonds is 5. The van der Waals surface area contributed by atoms with E-state index in [1.165, 1.54) is 13.0 Å². The maximum atomic E-state index is 12.4. The Balaban J connectivity index is 1.90. The maximum absolute atomic E-state index is 12.4. The van der Waals surface area contributed by atoms with Gasteiger partial charge >= 0.3 is 6.61 Å². The van der Waals surface area contributed by atoms with E-state index < -0.39 is 6.61 Å². The van der Waals surface area contributed by atoms with Crippen molar-refractivity contribution in [3.8, 4) is 11.8 Å². The van der Waals surface area contributed by atoms with Gasteiger partial charge in [-0.15, -0.1) is 0 Å². The van der Waals surface area contributed by atoms with Crippen molar-refractivity contribution in [3.63, 3.8) is 0 Å². The highest BCUT2D eigenvalue weighted by Crippen LogP contribution is 2.35. The molecule has 0 radical (unpaired) electrons. The zero-order valence-electron chi connectivity index (χ0n) is 14.3. The molecular weight excluding hydrogens is 338 g/mol. The third kappa shape index (κ3) is 3.83. The van der Waals surface area contributed by atoms with E-state index in [4.69, 9.17) is 0 Å². The molecule has 0 amide bonds. The van der Waals surface area contributed by atoms with Crippen LogP contribution in [0.1, 0.15) is 52.9 Å². The normalized spacial score (nSPS) is 15.9. The largest absolute Gasteiger partial charge is 0.435 e. The Labute approximate surface area is 150 Å². The molecule has 0 aromatic heterocycles. The van der Waals surface area contributed by atoms with Gasteiger partial charge in [-0.3, -0.25) is 4.79 Å². The Morgan fingerprint density at radius 1 is 1.31 bits per heavy atom. The topological polar surface area (TPSA) is 62.1 Å². The van der Waals surface area contributed by atoms with Gasteiger partial charge in [-0.1, -0.05) is 6.07 Å². The summed E-state index contributed by atoms with van der Waals surface area (Å²) in [5.74, 6) is 0.0751. The SMILES string of the molecule is CC(=O)c1ccc(C#N)c(NC2CCCc3cc(OC(F)F)ccc32)c1. The summed E-state index contributed by atoms with van der Waals surface area (Å²) in [6, 6.07) is 12.0. The number of anilines is 1. The predicted octanol–water partition coefficient (Wildman–Crippen LogP) is 4.85. The number of ketones is 1. The summed E-state index contributed by atoms with van der Waals surface area (Å²) in [4.78, 5) is 11.6. The minimum Gasteiger partial charge on any atom is -0.435 e. The second-order valence-electron chi connectivity index (χ2n) is 6.26. The number of hydrogen-bond donors (Lipinski definition) is 1. The first-order valence-corrected chi connectivity index (χ1v) is 8.37. The molecular formula is C20H18F2N2O2. The van der Waals surface area contributed by atoms with E-state index >= 15 is 0 Å². The van der Waals surface area contributed by atoms with Crippen LogP contribution in [-0.2, 0) is 6.42 Å². The van der Waals surface area contributed by atoms with Crippen LogP contribution in [0.4, 0.5) is 14.5 Å². The number of aryl methyl sites for hydroxylation is 1. The first kappa shape index (κ1) is 17.9. The number of nitrogens with zero attached hydrogens (tertiary/aromatic N) is 1. The molecule has 1 unspecified atom stereocenters. The highest BCUT2D eigenvalue weighted by molar-refractivity contribution is 5.95. The highest BCUT2D eigenvalue weighted by Gasteiger charge is 2.22. The summed E-state index contributed by atoms with van der Waals surface area (Å²) >= 11 is 0. The van der Waals surface area contributed by atoms with E-state index in [9.17, 15) is 18.8 Å². The molecule has 0 spiro atoms. The van der Waals surface area contributed by atoms with E-state index in [2.05, 4.69) is 16.1 Å². The lowest BCUT2D eigenvalue weighted by molar-refractivity contribution is -0.0499. The van der Waals surface area contributed by atoms with Gasteiger partial charge in [0.25, 0.3) is 0 Å². The molecule has 26 heavy (non-hydrogen) atoms. The number of halogens is 2. The number of benzene rings is 2. The van der Waals surface area contributed by atoms with E-state index in [1.807, 2.05) is 0 Å². The number of Topliss-reactive ketones (excluding diaryl/α,β-unsaturated/α-hetero) is 1. The maximum Gasteiger partial charge on any atom is 0.387 e. The van der Waals surface area contributed by atoms with Crippen molar-refractivity contribution in [1.82, 2.24) is 0 Å². The summed E-state index contributed by atoms with van der Waals surface area (Å²) in [6.45, 7) is -1.37. The molecule has 1 aliphatic carbocycles. The van der Waals surface area contributed by atoms with Gasteiger partial charge in [0.1, 0.15) is 11.8 Å². The number of alkyl halides is 2. The van der Waals surface area contributed by atoms with Crippen LogP contribution in [0.5, 0.6) is 5.75 Å². The summed E-state index contributed by atoms with van der Waals surface area (Å²) < 4.78 is 29.3. The third-order valence-electron chi connectivity index (χ3n) is 4.53. The van der Waals surface area contributed by atoms with Gasteiger partial charge in [-0.25, -0.2) is 0 Å². The van der Waals surface area contributed by atoms with E-state index in [1.54, 1.807) is 30.3 Å². The van der Waals surface area contributed by atoms with Crippen molar-refractivity contribution < 1.29 is 18.3 Å². The molecule has 6 heteroatoms. The molecule has 2 aromatic carbocycles. The van der Waals surface area contributed by atoms with Crippen LogP contribution in [-0.4, -0.2) is 12.4 Å². The number of carbonyl (C=O) groups excluding carboxylic acids is 1. The van der Waals surface area contributed by atoms with Crippen LogP contribution < -0.4 is 10.1 Å². The van der Waals surface area contributed by atoms with Crippen LogP contribution in [0.2, 0.25) is 0 Å². The fourth-order valence-corrected chi connectivity index (χ4v) is 3.28. The van der Waals surface area contributed by atoms with Crippen molar-refractivity contribution in [2.45, 2.75) is 38.8 Å². The first-order chi connectivity index (χ1) is 12.5. The van der Waals surface area contributed by atoms with Gasteiger partial charge in [0.2, 0.25) is 0 Å². The lowest BCUT2D eigenvalue weighted by Gasteiger charge is -2.28. The van der Waals surface area contributed by atoms with Crippen molar-refractivity contribution in [2.24, 2.45) is 0 Å². The molecule has 1 atom stereocenters. The molecule has 0 heterocycles. The Bertz CT molecular complexity index is 875. The van der Waals surface area contributed by atoms with Crippen molar-refractivity contribution >= 4 is 11.5 Å². The second kappa shape index (κ2) is 7.52. The number of nitriles is 1. The monoisotopic (exact) mass is 356 g/mol. The van der Waals surface area contributed by atoms with Crippen molar-refractivity contribution in [2.75, 3.05) is 5.32 Å². The van der Waals surface area contributed by atoms with Gasteiger partial charge in [0.15, 0.2) is 5.78 Å². The fraction of sp³-hybridized carbons (Fsp3) is 0.300. The summed E-state index contributed by atoms with van der Waals surface area (Å²) in [5, 5.41) is 12.7. The predicted molar refractivity (Wildman–Crippen MR) is 93.5 cm³/mol. The van der Waals surface area contributed by atoms with Gasteiger partial charge in [-0.2, -0.15) is 14.0 Å². The van der Waals surface area contributed by atoms with Gasteiger partial charge in [0, 0.05) is 5.56 Å². The molecule has 0 bridgehead atoms. The molecule has 0 fully saturated rings. The Morgan fingerprint density at radius 2 is 2.12 bits per heavy atom. The van der Waals surface area contributed by atoms with E-state index in [0.717, 1.165) is 30.4 Å². The lowest BCUT2D eigenvalue weighted by atomic mass is 9.87. The molecule has 1 aliphatic rings. The highest BCUT2D eigenvalue weighted by atomic mass is 19.3. The summed E-state index contributed by atoms with van der Waals surface area (Å²) in [7, 11) is 0. The Kier molecular flexibility index (Phi) is 5.17. The minimum atomic E-state index is -2.85. The zero-order chi connectivity index (χ0) is 18.7. The molecule has 0 saturated carbocycles. The van der Waals surface area contributed by atoms with Crippen molar-refractivity contribution in [1.29, 1.82) is 5.26 Å². The van der Waals surface area contributed by atoms with Crippen molar-refractivity contribution in [3.05, 3.63) is 58.7 Å². The first-order valence-electron chi connectivity index (χ1n) is 8.37. The average Bonchev–Trinajstić information content (AvgIpc) is 2.61. The molecule has 3 rings (SSSR count). The minimum absolute atomic E-state index is 0.0614. The molecule has 2 aromatic rings. The number of nitrogens with one attached hydrogen (secondary N) is 1. The zero-order valence-corrected chi connectivity index (χ0v) is 14.3. The van der Waals surface area contributed by atoms with Crippen LogP contribution in [0.15, 0.2) is 36.4 Å². The lowest BCUT2D eigenvalue weighted by Crippen LogP contribution is -2.18. The molecule has 134 valence electrons. The molecule has 4 nitrogen and oxygen atoms in total. The molecule has 0 aliphatic heterocycles. The van der Waals surface area contributed by atoms with Gasteiger partial charge in [0.05, 0.1) is 17.3 Å². The summed E-state index contributed by atoms with van der Waals surface area (Å²) in [6.07, 6.45) is 2.51.